The molecule has 1 aliphatic heterocycles. The second-order valence-electron chi connectivity index (χ2n) is 5.15. The molecular formula is C13H22N4O. The maximum atomic E-state index is 5.75. The topological polar surface area (TPSA) is 64.3 Å². The molecule has 0 bridgehead atoms. The molecule has 0 spiro atoms. The second kappa shape index (κ2) is 6.11. The Hall–Kier alpha value is -1.20. The minimum atomic E-state index is 0.190. The summed E-state index contributed by atoms with van der Waals surface area (Å²) in [6.07, 6.45) is 4.86. The number of nitrogens with zero attached hydrogens (tertiary/aromatic N) is 3. The van der Waals surface area contributed by atoms with E-state index in [1.54, 1.807) is 0 Å². The Bertz CT molecular complexity index is 366. The van der Waals surface area contributed by atoms with Gasteiger partial charge in [0.25, 0.3) is 0 Å². The fourth-order valence-corrected chi connectivity index (χ4v) is 2.19. The number of nitrogens with two attached hydrogens (primary N) is 1. The van der Waals surface area contributed by atoms with Crippen molar-refractivity contribution in [3.8, 4) is 0 Å². The standard InChI is InChI=1S/C13H22N4O/c1-10(2)5-11-7-15-13(16-8-11)17-3-4-18-9-12(17)6-14/h7-8,10,12H,3-6,9,14H2,1-2H3. The lowest BCUT2D eigenvalue weighted by atomic mass is 10.1. The van der Waals surface area contributed by atoms with E-state index in [2.05, 4.69) is 28.7 Å². The highest BCUT2D eigenvalue weighted by Crippen LogP contribution is 2.15. The number of ether oxygens (including phenoxy) is 1. The molecule has 5 heteroatoms. The van der Waals surface area contributed by atoms with Crippen molar-refractivity contribution in [1.82, 2.24) is 9.97 Å². The molecule has 2 heterocycles. The van der Waals surface area contributed by atoms with Crippen molar-refractivity contribution >= 4 is 5.95 Å². The Labute approximate surface area is 108 Å². The first kappa shape index (κ1) is 13.2. The number of anilines is 1. The summed E-state index contributed by atoms with van der Waals surface area (Å²) >= 11 is 0. The van der Waals surface area contributed by atoms with Crippen LogP contribution in [0.2, 0.25) is 0 Å². The van der Waals surface area contributed by atoms with E-state index in [-0.39, 0.29) is 6.04 Å². The summed E-state index contributed by atoms with van der Waals surface area (Å²) in [7, 11) is 0. The van der Waals surface area contributed by atoms with E-state index in [9.17, 15) is 0 Å². The second-order valence-corrected chi connectivity index (χ2v) is 5.15. The third kappa shape index (κ3) is 3.17. The van der Waals surface area contributed by atoms with E-state index in [0.717, 1.165) is 18.9 Å². The van der Waals surface area contributed by atoms with Gasteiger partial charge in [-0.15, -0.1) is 0 Å². The highest BCUT2D eigenvalue weighted by Gasteiger charge is 2.23. The van der Waals surface area contributed by atoms with Crippen LogP contribution in [0.25, 0.3) is 0 Å². The fraction of sp³-hybridized carbons (Fsp3) is 0.692. The van der Waals surface area contributed by atoms with E-state index >= 15 is 0 Å². The molecule has 2 N–H and O–H groups in total. The number of hydrogen-bond acceptors (Lipinski definition) is 5. The lowest BCUT2D eigenvalue weighted by Crippen LogP contribution is -2.50. The van der Waals surface area contributed by atoms with Crippen molar-refractivity contribution in [3.05, 3.63) is 18.0 Å². The Kier molecular flexibility index (Phi) is 4.49. The normalized spacial score (nSPS) is 20.4. The van der Waals surface area contributed by atoms with Gasteiger partial charge in [0, 0.05) is 25.5 Å². The number of morpholine rings is 1. The molecule has 0 saturated carbocycles. The van der Waals surface area contributed by atoms with Crippen LogP contribution >= 0.6 is 0 Å². The Morgan fingerprint density at radius 2 is 2.17 bits per heavy atom. The summed E-state index contributed by atoms with van der Waals surface area (Å²) in [5.41, 5.74) is 6.94. The van der Waals surface area contributed by atoms with Crippen LogP contribution in [0.15, 0.2) is 12.4 Å². The first-order chi connectivity index (χ1) is 8.70. The van der Waals surface area contributed by atoms with Crippen molar-refractivity contribution < 1.29 is 4.74 Å². The first-order valence-corrected chi connectivity index (χ1v) is 6.56. The van der Waals surface area contributed by atoms with E-state index in [1.807, 2.05) is 12.4 Å². The van der Waals surface area contributed by atoms with E-state index in [0.29, 0.717) is 25.7 Å². The van der Waals surface area contributed by atoms with Crippen molar-refractivity contribution in [3.63, 3.8) is 0 Å². The van der Waals surface area contributed by atoms with Crippen LogP contribution in [-0.2, 0) is 11.2 Å². The van der Waals surface area contributed by atoms with Gasteiger partial charge in [-0.1, -0.05) is 13.8 Å². The first-order valence-electron chi connectivity index (χ1n) is 6.56. The minimum absolute atomic E-state index is 0.190. The SMILES string of the molecule is CC(C)Cc1cnc(N2CCOCC2CN)nc1. The van der Waals surface area contributed by atoms with Crippen LogP contribution in [0.1, 0.15) is 19.4 Å². The largest absolute Gasteiger partial charge is 0.377 e. The third-order valence-electron chi connectivity index (χ3n) is 3.09. The highest BCUT2D eigenvalue weighted by atomic mass is 16.5. The molecule has 1 aromatic heterocycles. The van der Waals surface area contributed by atoms with Crippen LogP contribution in [0.3, 0.4) is 0 Å². The van der Waals surface area contributed by atoms with Gasteiger partial charge in [-0.05, 0) is 17.9 Å². The van der Waals surface area contributed by atoms with Gasteiger partial charge in [-0.2, -0.15) is 0 Å². The maximum absolute atomic E-state index is 5.75. The number of rotatable bonds is 4. The van der Waals surface area contributed by atoms with Gasteiger partial charge in [0.05, 0.1) is 19.3 Å². The highest BCUT2D eigenvalue weighted by molar-refractivity contribution is 5.32. The Morgan fingerprint density at radius 3 is 2.78 bits per heavy atom. The van der Waals surface area contributed by atoms with Crippen molar-refractivity contribution in [2.75, 3.05) is 31.2 Å². The quantitative estimate of drug-likeness (QED) is 0.858. The molecular weight excluding hydrogens is 228 g/mol. The molecule has 2 rings (SSSR count). The molecule has 0 aromatic carbocycles. The third-order valence-corrected chi connectivity index (χ3v) is 3.09. The van der Waals surface area contributed by atoms with Crippen LogP contribution in [0.5, 0.6) is 0 Å². The Morgan fingerprint density at radius 1 is 1.44 bits per heavy atom. The van der Waals surface area contributed by atoms with Crippen LogP contribution in [-0.4, -0.2) is 42.3 Å². The zero-order valence-corrected chi connectivity index (χ0v) is 11.2. The van der Waals surface area contributed by atoms with Gasteiger partial charge in [0.1, 0.15) is 0 Å². The lowest BCUT2D eigenvalue weighted by Gasteiger charge is -2.34. The monoisotopic (exact) mass is 250 g/mol. The summed E-state index contributed by atoms with van der Waals surface area (Å²) in [5.74, 6) is 1.39. The number of hydrogen-bond donors (Lipinski definition) is 1. The van der Waals surface area contributed by atoms with Gasteiger partial charge in [-0.3, -0.25) is 0 Å². The van der Waals surface area contributed by atoms with Crippen LogP contribution < -0.4 is 10.6 Å². The zero-order chi connectivity index (χ0) is 13.0. The summed E-state index contributed by atoms with van der Waals surface area (Å²) in [5, 5.41) is 0. The summed E-state index contributed by atoms with van der Waals surface area (Å²) < 4.78 is 5.42. The minimum Gasteiger partial charge on any atom is -0.377 e. The zero-order valence-electron chi connectivity index (χ0n) is 11.2. The average molecular weight is 250 g/mol. The molecule has 100 valence electrons. The van der Waals surface area contributed by atoms with Crippen LogP contribution in [0.4, 0.5) is 5.95 Å². The molecule has 1 fully saturated rings. The molecule has 0 aliphatic carbocycles. The molecule has 18 heavy (non-hydrogen) atoms. The fourth-order valence-electron chi connectivity index (χ4n) is 2.19. The number of aromatic nitrogens is 2. The van der Waals surface area contributed by atoms with E-state index in [1.165, 1.54) is 5.56 Å². The van der Waals surface area contributed by atoms with Gasteiger partial charge in [0.15, 0.2) is 0 Å². The maximum Gasteiger partial charge on any atom is 0.225 e. The summed E-state index contributed by atoms with van der Waals surface area (Å²) in [6, 6.07) is 0.190. The van der Waals surface area contributed by atoms with Gasteiger partial charge in [-0.25, -0.2) is 9.97 Å². The molecule has 1 unspecified atom stereocenters. The van der Waals surface area contributed by atoms with Crippen molar-refractivity contribution in [2.24, 2.45) is 11.7 Å². The predicted octanol–water partition coefficient (Wildman–Crippen LogP) is 0.839. The molecule has 0 amide bonds. The summed E-state index contributed by atoms with van der Waals surface area (Å²) in [4.78, 5) is 11.1. The van der Waals surface area contributed by atoms with Crippen molar-refractivity contribution in [2.45, 2.75) is 26.3 Å². The molecule has 1 aromatic rings. The molecule has 1 aliphatic rings. The molecule has 1 saturated heterocycles. The van der Waals surface area contributed by atoms with Crippen molar-refractivity contribution in [1.29, 1.82) is 0 Å². The van der Waals surface area contributed by atoms with E-state index in [4.69, 9.17) is 10.5 Å². The van der Waals surface area contributed by atoms with Crippen LogP contribution in [0, 0.1) is 5.92 Å². The molecule has 0 radical (unpaired) electrons. The predicted molar refractivity (Wildman–Crippen MR) is 71.6 cm³/mol. The summed E-state index contributed by atoms with van der Waals surface area (Å²) in [6.45, 7) is 7.14. The van der Waals surface area contributed by atoms with E-state index < -0.39 is 0 Å². The molecule has 5 nitrogen and oxygen atoms in total. The molecule has 1 atom stereocenters. The van der Waals surface area contributed by atoms with Gasteiger partial charge < -0.3 is 15.4 Å². The average Bonchev–Trinajstić information content (AvgIpc) is 2.39. The smallest absolute Gasteiger partial charge is 0.225 e. The van der Waals surface area contributed by atoms with Gasteiger partial charge >= 0.3 is 0 Å². The van der Waals surface area contributed by atoms with Gasteiger partial charge in [0.2, 0.25) is 5.95 Å². The Balaban J connectivity index is 2.07. The lowest BCUT2D eigenvalue weighted by molar-refractivity contribution is 0.0954.